The molecular formula is C21H29N3O2. The van der Waals surface area contributed by atoms with Crippen LogP contribution in [0.2, 0.25) is 0 Å². The second-order valence-corrected chi connectivity index (χ2v) is 7.29. The van der Waals surface area contributed by atoms with Gasteiger partial charge in [0.1, 0.15) is 5.75 Å². The molecule has 1 aromatic carbocycles. The highest BCUT2D eigenvalue weighted by molar-refractivity contribution is 5.41. The van der Waals surface area contributed by atoms with E-state index in [0.29, 0.717) is 12.1 Å². The Morgan fingerprint density at radius 3 is 2.27 bits per heavy atom. The molecule has 0 aliphatic carbocycles. The molecule has 140 valence electrons. The molecule has 2 heterocycles. The highest BCUT2D eigenvalue weighted by atomic mass is 16.3. The Labute approximate surface area is 155 Å². The third kappa shape index (κ3) is 3.55. The number of aryl methyl sites for hydroxylation is 2. The first-order chi connectivity index (χ1) is 12.4. The van der Waals surface area contributed by atoms with Crippen LogP contribution < -0.4 is 5.56 Å². The summed E-state index contributed by atoms with van der Waals surface area (Å²) in [6.45, 7) is 10.1. The van der Waals surface area contributed by atoms with Gasteiger partial charge in [-0.15, -0.1) is 0 Å². The standard InChI is InChI=1S/C21H29N3O2/c1-5-24-16(3)14-18(25)19(21(24)26)20(17-8-6-15(2)7-9-17)23-12-10-22(4)11-13-23/h6-9,14,20,25H,5,10-13H2,1-4H3. The summed E-state index contributed by atoms with van der Waals surface area (Å²) in [5.41, 5.74) is 3.43. The Morgan fingerprint density at radius 1 is 1.08 bits per heavy atom. The molecular weight excluding hydrogens is 326 g/mol. The average Bonchev–Trinajstić information content (AvgIpc) is 2.61. The van der Waals surface area contributed by atoms with Gasteiger partial charge in [0, 0.05) is 38.4 Å². The van der Waals surface area contributed by atoms with E-state index in [0.717, 1.165) is 37.4 Å². The van der Waals surface area contributed by atoms with Crippen LogP contribution >= 0.6 is 0 Å². The number of likely N-dealkylation sites (N-methyl/N-ethyl adjacent to an activating group) is 1. The summed E-state index contributed by atoms with van der Waals surface area (Å²) in [6.07, 6.45) is 0. The molecule has 1 atom stereocenters. The van der Waals surface area contributed by atoms with Gasteiger partial charge in [0.05, 0.1) is 11.6 Å². The number of piperazine rings is 1. The zero-order valence-electron chi connectivity index (χ0n) is 16.2. The van der Waals surface area contributed by atoms with Crippen LogP contribution in [0.15, 0.2) is 35.1 Å². The third-order valence-electron chi connectivity index (χ3n) is 5.41. The molecule has 0 bridgehead atoms. The van der Waals surface area contributed by atoms with E-state index in [-0.39, 0.29) is 17.4 Å². The van der Waals surface area contributed by atoms with Gasteiger partial charge in [-0.1, -0.05) is 29.8 Å². The fourth-order valence-corrected chi connectivity index (χ4v) is 3.81. The zero-order chi connectivity index (χ0) is 18.8. The van der Waals surface area contributed by atoms with E-state index in [1.54, 1.807) is 10.6 Å². The summed E-state index contributed by atoms with van der Waals surface area (Å²) in [7, 11) is 2.12. The van der Waals surface area contributed by atoms with Crippen LogP contribution in [0.3, 0.4) is 0 Å². The van der Waals surface area contributed by atoms with Crippen molar-refractivity contribution < 1.29 is 5.11 Å². The predicted octanol–water partition coefficient (Wildman–Crippen LogP) is 2.53. The van der Waals surface area contributed by atoms with E-state index in [1.165, 1.54) is 5.56 Å². The van der Waals surface area contributed by atoms with Crippen LogP contribution in [0, 0.1) is 13.8 Å². The van der Waals surface area contributed by atoms with Gasteiger partial charge in [-0.3, -0.25) is 9.69 Å². The van der Waals surface area contributed by atoms with Crippen LogP contribution in [0.4, 0.5) is 0 Å². The van der Waals surface area contributed by atoms with Crippen molar-refractivity contribution in [1.82, 2.24) is 14.4 Å². The maximum Gasteiger partial charge on any atom is 0.259 e. The quantitative estimate of drug-likeness (QED) is 0.916. The number of benzene rings is 1. The van der Waals surface area contributed by atoms with Gasteiger partial charge in [-0.05, 0) is 39.4 Å². The number of hydrogen-bond donors (Lipinski definition) is 1. The largest absolute Gasteiger partial charge is 0.507 e. The number of nitrogens with zero attached hydrogens (tertiary/aromatic N) is 3. The molecule has 5 heteroatoms. The minimum Gasteiger partial charge on any atom is -0.507 e. The minimum absolute atomic E-state index is 0.0884. The highest BCUT2D eigenvalue weighted by Gasteiger charge is 2.30. The van der Waals surface area contributed by atoms with Crippen molar-refractivity contribution in [3.05, 3.63) is 63.1 Å². The van der Waals surface area contributed by atoms with Crippen LogP contribution in [0.1, 0.15) is 35.3 Å². The summed E-state index contributed by atoms with van der Waals surface area (Å²) >= 11 is 0. The first-order valence-corrected chi connectivity index (χ1v) is 9.34. The molecule has 1 aliphatic heterocycles. The number of pyridine rings is 1. The van der Waals surface area contributed by atoms with Gasteiger partial charge in [0.15, 0.2) is 0 Å². The van der Waals surface area contributed by atoms with E-state index >= 15 is 0 Å². The number of aromatic nitrogens is 1. The number of hydrogen-bond acceptors (Lipinski definition) is 4. The van der Waals surface area contributed by atoms with Gasteiger partial charge in [0.25, 0.3) is 5.56 Å². The Morgan fingerprint density at radius 2 is 1.69 bits per heavy atom. The normalized spacial score (nSPS) is 17.4. The molecule has 1 fully saturated rings. The molecule has 1 N–H and O–H groups in total. The van der Waals surface area contributed by atoms with Crippen molar-refractivity contribution in [3.8, 4) is 5.75 Å². The summed E-state index contributed by atoms with van der Waals surface area (Å²) in [5.74, 6) is 0.0988. The molecule has 0 radical (unpaired) electrons. The lowest BCUT2D eigenvalue weighted by molar-refractivity contribution is 0.125. The Balaban J connectivity index is 2.15. The predicted molar refractivity (Wildman–Crippen MR) is 105 cm³/mol. The second-order valence-electron chi connectivity index (χ2n) is 7.29. The molecule has 1 saturated heterocycles. The van der Waals surface area contributed by atoms with Crippen LogP contribution in [0.5, 0.6) is 5.75 Å². The van der Waals surface area contributed by atoms with Crippen molar-refractivity contribution in [2.45, 2.75) is 33.4 Å². The van der Waals surface area contributed by atoms with E-state index < -0.39 is 0 Å². The molecule has 0 amide bonds. The van der Waals surface area contributed by atoms with Gasteiger partial charge in [-0.2, -0.15) is 0 Å². The van der Waals surface area contributed by atoms with Gasteiger partial charge < -0.3 is 14.6 Å². The molecule has 3 rings (SSSR count). The summed E-state index contributed by atoms with van der Waals surface area (Å²) in [6, 6.07) is 9.79. The van der Waals surface area contributed by atoms with Crippen LogP contribution in [-0.4, -0.2) is 52.7 Å². The zero-order valence-corrected chi connectivity index (χ0v) is 16.2. The Kier molecular flexibility index (Phi) is 5.49. The van der Waals surface area contributed by atoms with Gasteiger partial charge in [-0.25, -0.2) is 0 Å². The summed E-state index contributed by atoms with van der Waals surface area (Å²) in [5, 5.41) is 10.7. The Hall–Kier alpha value is -2.11. The molecule has 26 heavy (non-hydrogen) atoms. The monoisotopic (exact) mass is 355 g/mol. The maximum atomic E-state index is 13.2. The van der Waals surface area contributed by atoms with E-state index in [9.17, 15) is 9.90 Å². The van der Waals surface area contributed by atoms with Crippen molar-refractivity contribution in [2.24, 2.45) is 0 Å². The van der Waals surface area contributed by atoms with Gasteiger partial charge >= 0.3 is 0 Å². The van der Waals surface area contributed by atoms with Crippen molar-refractivity contribution in [3.63, 3.8) is 0 Å². The lowest BCUT2D eigenvalue weighted by atomic mass is 9.95. The van der Waals surface area contributed by atoms with Crippen LogP contribution in [-0.2, 0) is 6.54 Å². The van der Waals surface area contributed by atoms with Gasteiger partial charge in [0.2, 0.25) is 0 Å². The smallest absolute Gasteiger partial charge is 0.259 e. The molecule has 1 unspecified atom stereocenters. The summed E-state index contributed by atoms with van der Waals surface area (Å²) in [4.78, 5) is 17.8. The molecule has 1 aliphatic rings. The fraction of sp³-hybridized carbons (Fsp3) is 0.476. The number of rotatable bonds is 4. The lowest BCUT2D eigenvalue weighted by Crippen LogP contribution is -2.47. The van der Waals surface area contributed by atoms with E-state index in [1.807, 2.05) is 13.8 Å². The topological polar surface area (TPSA) is 48.7 Å². The minimum atomic E-state index is -0.227. The van der Waals surface area contributed by atoms with Crippen molar-refractivity contribution in [1.29, 1.82) is 0 Å². The summed E-state index contributed by atoms with van der Waals surface area (Å²) < 4.78 is 1.74. The molecule has 0 spiro atoms. The maximum absolute atomic E-state index is 13.2. The van der Waals surface area contributed by atoms with Crippen molar-refractivity contribution in [2.75, 3.05) is 33.2 Å². The van der Waals surface area contributed by atoms with Crippen LogP contribution in [0.25, 0.3) is 0 Å². The second kappa shape index (κ2) is 7.64. The SMILES string of the molecule is CCn1c(C)cc(O)c(C(c2ccc(C)cc2)N2CCN(C)CC2)c1=O. The first-order valence-electron chi connectivity index (χ1n) is 9.34. The lowest BCUT2D eigenvalue weighted by Gasteiger charge is -2.38. The first kappa shape index (κ1) is 18.7. The average molecular weight is 355 g/mol. The third-order valence-corrected chi connectivity index (χ3v) is 5.41. The Bertz CT molecular complexity index is 818. The molecule has 2 aromatic rings. The molecule has 0 saturated carbocycles. The molecule has 5 nitrogen and oxygen atoms in total. The van der Waals surface area contributed by atoms with Crippen molar-refractivity contribution >= 4 is 0 Å². The van der Waals surface area contributed by atoms with E-state index in [4.69, 9.17) is 0 Å². The molecule has 1 aromatic heterocycles. The number of aromatic hydroxyl groups is 1. The fourth-order valence-electron chi connectivity index (χ4n) is 3.81. The highest BCUT2D eigenvalue weighted by Crippen LogP contribution is 2.33. The van der Waals surface area contributed by atoms with E-state index in [2.05, 4.69) is 48.0 Å².